The van der Waals surface area contributed by atoms with Crippen molar-refractivity contribution in [3.63, 3.8) is 0 Å². The highest BCUT2D eigenvalue weighted by Crippen LogP contribution is 2.26. The van der Waals surface area contributed by atoms with Gasteiger partial charge in [-0.2, -0.15) is 0 Å². The maximum Gasteiger partial charge on any atom is 0.160 e. The van der Waals surface area contributed by atoms with Gasteiger partial charge in [-0.1, -0.05) is 6.07 Å². The Morgan fingerprint density at radius 2 is 1.91 bits per heavy atom. The third-order valence-electron chi connectivity index (χ3n) is 1.41. The summed E-state index contributed by atoms with van der Waals surface area (Å²) in [7, 11) is 3.08. The third-order valence-corrected chi connectivity index (χ3v) is 1.41. The molecule has 0 aromatic heterocycles. The summed E-state index contributed by atoms with van der Waals surface area (Å²) in [5.41, 5.74) is 0.595. The number of methoxy groups -OCH3 is 2. The fourth-order valence-corrected chi connectivity index (χ4v) is 0.853. The normalized spacial score (nSPS) is 12.3. The van der Waals surface area contributed by atoms with E-state index in [1.807, 2.05) is 0 Å². The molecule has 2 heteroatoms. The van der Waals surface area contributed by atoms with E-state index in [-0.39, 0.29) is 0 Å². The van der Waals surface area contributed by atoms with Crippen LogP contribution < -0.4 is 9.47 Å². The predicted molar refractivity (Wildman–Crippen MR) is 44.3 cm³/mol. The molecule has 60 valence electrons. The summed E-state index contributed by atoms with van der Waals surface area (Å²) in [6, 6.07) is 5.03. The average molecular weight is 154 g/mol. The molecule has 0 saturated carbocycles. The van der Waals surface area contributed by atoms with E-state index in [9.17, 15) is 0 Å². The zero-order chi connectivity index (χ0) is 9.84. The predicted octanol–water partition coefficient (Wildman–Crippen LogP) is 2.01. The first-order chi connectivity index (χ1) is 6.19. The van der Waals surface area contributed by atoms with Gasteiger partial charge in [0, 0.05) is 2.74 Å². The molecular formula is C9H12O2. The van der Waals surface area contributed by atoms with Crippen LogP contribution in [-0.4, -0.2) is 14.2 Å². The first-order valence-corrected chi connectivity index (χ1v) is 3.25. The van der Waals surface area contributed by atoms with Crippen molar-refractivity contribution in [1.29, 1.82) is 0 Å². The molecule has 0 aliphatic rings. The van der Waals surface area contributed by atoms with Gasteiger partial charge in [0.15, 0.2) is 11.5 Å². The molecule has 0 amide bonds. The summed E-state index contributed by atoms with van der Waals surface area (Å²) in [6.07, 6.45) is 0. The van der Waals surface area contributed by atoms with E-state index in [4.69, 9.17) is 12.2 Å². The Hall–Kier alpha value is -1.18. The van der Waals surface area contributed by atoms with Gasteiger partial charge in [-0.05, 0) is 24.6 Å². The molecule has 11 heavy (non-hydrogen) atoms. The fraction of sp³-hybridized carbons (Fsp3) is 0.333. The van der Waals surface area contributed by atoms with E-state index in [0.717, 1.165) is 0 Å². The van der Waals surface area contributed by atoms with Crippen LogP contribution in [0.15, 0.2) is 18.2 Å². The summed E-state index contributed by atoms with van der Waals surface area (Å²) < 4.78 is 24.4. The second kappa shape index (κ2) is 3.28. The number of hydrogen-bond donors (Lipinski definition) is 0. The van der Waals surface area contributed by atoms with Crippen LogP contribution in [0, 0.1) is 6.88 Å². The Morgan fingerprint density at radius 3 is 2.45 bits per heavy atom. The van der Waals surface area contributed by atoms with Gasteiger partial charge < -0.3 is 9.47 Å². The van der Waals surface area contributed by atoms with E-state index in [1.54, 1.807) is 25.3 Å². The van der Waals surface area contributed by atoms with Crippen molar-refractivity contribution >= 4 is 0 Å². The Kier molecular flexibility index (Phi) is 1.63. The summed E-state index contributed by atoms with van der Waals surface area (Å²) in [6.45, 7) is -0.986. The quantitative estimate of drug-likeness (QED) is 0.648. The maximum absolute atomic E-state index is 7.19. The van der Waals surface area contributed by atoms with Gasteiger partial charge in [0.05, 0.1) is 14.2 Å². The standard InChI is InChI=1S/C9H12O2/c1-7-4-5-8(10-2)9(6-7)11-3/h4-6H,1-3H3/i1D2. The van der Waals surface area contributed by atoms with E-state index >= 15 is 0 Å². The Bertz CT molecular complexity index is 287. The molecule has 1 aromatic carbocycles. The van der Waals surface area contributed by atoms with Crippen molar-refractivity contribution in [2.75, 3.05) is 14.2 Å². The second-order valence-corrected chi connectivity index (χ2v) is 2.11. The molecular weight excluding hydrogens is 140 g/mol. The molecule has 0 bridgehead atoms. The van der Waals surface area contributed by atoms with Crippen LogP contribution in [0.2, 0.25) is 0 Å². The summed E-state index contributed by atoms with van der Waals surface area (Å²) in [5.74, 6) is 1.18. The van der Waals surface area contributed by atoms with Crippen LogP contribution in [0.1, 0.15) is 8.30 Å². The van der Waals surface area contributed by atoms with Crippen molar-refractivity contribution in [1.82, 2.24) is 0 Å². The minimum absolute atomic E-state index is 0.560. The molecule has 0 N–H and O–H groups in total. The number of rotatable bonds is 2. The number of hydrogen-bond acceptors (Lipinski definition) is 2. The van der Waals surface area contributed by atoms with Gasteiger partial charge >= 0.3 is 0 Å². The third kappa shape index (κ3) is 1.64. The van der Waals surface area contributed by atoms with E-state index < -0.39 is 6.88 Å². The zero-order valence-electron chi connectivity index (χ0n) is 8.63. The molecule has 1 aromatic rings. The molecule has 0 fully saturated rings. The zero-order valence-corrected chi connectivity index (χ0v) is 6.63. The first-order valence-electron chi connectivity index (χ1n) is 4.41. The van der Waals surface area contributed by atoms with Crippen LogP contribution >= 0.6 is 0 Å². The largest absolute Gasteiger partial charge is 0.493 e. The first kappa shape index (κ1) is 5.47. The minimum atomic E-state index is -0.986. The molecule has 0 unspecified atom stereocenters. The molecule has 0 heterocycles. The Morgan fingerprint density at radius 1 is 1.18 bits per heavy atom. The number of benzene rings is 1. The van der Waals surface area contributed by atoms with Crippen molar-refractivity contribution in [3.05, 3.63) is 23.8 Å². The van der Waals surface area contributed by atoms with Gasteiger partial charge in [0.2, 0.25) is 0 Å². The van der Waals surface area contributed by atoms with Crippen LogP contribution in [0.25, 0.3) is 0 Å². The fourth-order valence-electron chi connectivity index (χ4n) is 0.853. The number of aryl methyl sites for hydroxylation is 1. The topological polar surface area (TPSA) is 18.5 Å². The van der Waals surface area contributed by atoms with Crippen LogP contribution in [0.4, 0.5) is 0 Å². The van der Waals surface area contributed by atoms with Gasteiger partial charge in [-0.3, -0.25) is 0 Å². The molecule has 0 aliphatic carbocycles. The highest BCUT2D eigenvalue weighted by Gasteiger charge is 2.00. The van der Waals surface area contributed by atoms with E-state index in [1.165, 1.54) is 7.11 Å². The lowest BCUT2D eigenvalue weighted by atomic mass is 10.2. The molecule has 2 nitrogen and oxygen atoms in total. The summed E-state index contributed by atoms with van der Waals surface area (Å²) in [4.78, 5) is 0. The number of ether oxygens (including phenoxy) is 2. The monoisotopic (exact) mass is 154 g/mol. The Balaban J connectivity index is 3.05. The van der Waals surface area contributed by atoms with Crippen LogP contribution in [0.5, 0.6) is 11.5 Å². The van der Waals surface area contributed by atoms with Crippen LogP contribution in [0.3, 0.4) is 0 Å². The highest BCUT2D eigenvalue weighted by molar-refractivity contribution is 5.42. The molecule has 0 spiro atoms. The lowest BCUT2D eigenvalue weighted by Gasteiger charge is -2.06. The molecule has 0 saturated heterocycles. The Labute approximate surface area is 69.6 Å². The van der Waals surface area contributed by atoms with Crippen molar-refractivity contribution in [3.8, 4) is 11.5 Å². The van der Waals surface area contributed by atoms with Crippen molar-refractivity contribution in [2.24, 2.45) is 0 Å². The molecule has 0 radical (unpaired) electrons. The smallest absolute Gasteiger partial charge is 0.160 e. The molecule has 0 atom stereocenters. The van der Waals surface area contributed by atoms with E-state index in [2.05, 4.69) is 0 Å². The van der Waals surface area contributed by atoms with E-state index in [0.29, 0.717) is 17.1 Å². The summed E-state index contributed by atoms with van der Waals surface area (Å²) >= 11 is 0. The summed E-state index contributed by atoms with van der Waals surface area (Å²) in [5, 5.41) is 0. The molecule has 0 aliphatic heterocycles. The van der Waals surface area contributed by atoms with Crippen molar-refractivity contribution < 1.29 is 12.2 Å². The average Bonchev–Trinajstić information content (AvgIpc) is 2.16. The SMILES string of the molecule is [2H]C([2H])c1ccc(OC)c(OC)c1. The lowest BCUT2D eigenvalue weighted by molar-refractivity contribution is 0.354. The highest BCUT2D eigenvalue weighted by atomic mass is 16.5. The van der Waals surface area contributed by atoms with Gasteiger partial charge in [-0.15, -0.1) is 0 Å². The maximum atomic E-state index is 7.19. The van der Waals surface area contributed by atoms with Crippen LogP contribution in [-0.2, 0) is 0 Å². The lowest BCUT2D eigenvalue weighted by Crippen LogP contribution is -1.90. The molecule has 1 rings (SSSR count). The van der Waals surface area contributed by atoms with Gasteiger partial charge in [-0.25, -0.2) is 0 Å². The van der Waals surface area contributed by atoms with Crippen molar-refractivity contribution in [2.45, 2.75) is 6.88 Å². The second-order valence-electron chi connectivity index (χ2n) is 2.11. The van der Waals surface area contributed by atoms with Gasteiger partial charge in [0.25, 0.3) is 0 Å². The minimum Gasteiger partial charge on any atom is -0.493 e. The van der Waals surface area contributed by atoms with Gasteiger partial charge in [0.1, 0.15) is 0 Å².